The van der Waals surface area contributed by atoms with Gasteiger partial charge in [0.05, 0.1) is 16.7 Å². The Labute approximate surface area is 194 Å². The van der Waals surface area contributed by atoms with E-state index in [1.54, 1.807) is 30.3 Å². The summed E-state index contributed by atoms with van der Waals surface area (Å²) in [4.78, 5) is 51.9. The minimum absolute atomic E-state index is 0.0101. The SMILES string of the molecule is C=CCN1C(=O)c2ccc(C(=O)OC(C(=O)Nc3ccc(F)cc3)c3ccccc3)cc2C1=O. The van der Waals surface area contributed by atoms with Gasteiger partial charge in [0.1, 0.15) is 5.82 Å². The van der Waals surface area contributed by atoms with Gasteiger partial charge in [0.15, 0.2) is 0 Å². The van der Waals surface area contributed by atoms with Crippen molar-refractivity contribution < 1.29 is 28.3 Å². The molecule has 3 aromatic rings. The highest BCUT2D eigenvalue weighted by atomic mass is 19.1. The molecule has 7 nitrogen and oxygen atoms in total. The van der Waals surface area contributed by atoms with Gasteiger partial charge < -0.3 is 10.1 Å². The van der Waals surface area contributed by atoms with E-state index in [0.29, 0.717) is 11.3 Å². The van der Waals surface area contributed by atoms with Gasteiger partial charge in [-0.25, -0.2) is 9.18 Å². The third-order valence-electron chi connectivity index (χ3n) is 5.20. The molecule has 0 radical (unpaired) electrons. The van der Waals surface area contributed by atoms with Crippen molar-refractivity contribution in [2.24, 2.45) is 0 Å². The molecule has 3 aromatic carbocycles. The van der Waals surface area contributed by atoms with Crippen LogP contribution >= 0.6 is 0 Å². The molecule has 1 unspecified atom stereocenters. The van der Waals surface area contributed by atoms with Crippen LogP contribution in [0.1, 0.15) is 42.7 Å². The van der Waals surface area contributed by atoms with Gasteiger partial charge >= 0.3 is 5.97 Å². The first-order valence-corrected chi connectivity index (χ1v) is 10.3. The first-order valence-electron chi connectivity index (χ1n) is 10.3. The van der Waals surface area contributed by atoms with Crippen molar-refractivity contribution in [3.05, 3.63) is 114 Å². The minimum Gasteiger partial charge on any atom is -0.444 e. The number of carbonyl (C=O) groups excluding carboxylic acids is 4. The van der Waals surface area contributed by atoms with Crippen LogP contribution in [0.3, 0.4) is 0 Å². The lowest BCUT2D eigenvalue weighted by Crippen LogP contribution is -2.29. The third-order valence-corrected chi connectivity index (χ3v) is 5.20. The fraction of sp³-hybridized carbons (Fsp3) is 0.0769. The molecule has 0 aromatic heterocycles. The second-order valence-electron chi connectivity index (χ2n) is 7.46. The lowest BCUT2D eigenvalue weighted by Gasteiger charge is -2.18. The summed E-state index contributed by atoms with van der Waals surface area (Å²) in [5, 5.41) is 2.60. The van der Waals surface area contributed by atoms with Crippen LogP contribution in [-0.2, 0) is 9.53 Å². The summed E-state index contributed by atoms with van der Waals surface area (Å²) in [5.41, 5.74) is 1.01. The molecule has 1 atom stereocenters. The Hall–Kier alpha value is -4.59. The molecule has 1 aliphatic heterocycles. The van der Waals surface area contributed by atoms with Crippen molar-refractivity contribution in [3.63, 3.8) is 0 Å². The van der Waals surface area contributed by atoms with E-state index in [-0.39, 0.29) is 23.2 Å². The van der Waals surface area contributed by atoms with E-state index in [2.05, 4.69) is 11.9 Å². The zero-order valence-corrected chi connectivity index (χ0v) is 17.9. The summed E-state index contributed by atoms with van der Waals surface area (Å²) in [6.45, 7) is 3.58. The molecule has 0 spiro atoms. The Morgan fingerprint density at radius 1 is 0.971 bits per heavy atom. The van der Waals surface area contributed by atoms with Gasteiger partial charge in [0.2, 0.25) is 6.10 Å². The van der Waals surface area contributed by atoms with E-state index in [1.165, 1.54) is 48.5 Å². The topological polar surface area (TPSA) is 92.8 Å². The van der Waals surface area contributed by atoms with E-state index >= 15 is 0 Å². The molecule has 0 fully saturated rings. The number of hydrogen-bond acceptors (Lipinski definition) is 5. The average Bonchev–Trinajstić information content (AvgIpc) is 3.09. The Bertz CT molecular complexity index is 1290. The molecule has 1 N–H and O–H groups in total. The van der Waals surface area contributed by atoms with Crippen LogP contribution in [0.15, 0.2) is 85.5 Å². The van der Waals surface area contributed by atoms with Crippen LogP contribution in [-0.4, -0.2) is 35.1 Å². The van der Waals surface area contributed by atoms with Gasteiger partial charge in [0, 0.05) is 17.8 Å². The van der Waals surface area contributed by atoms with Crippen molar-refractivity contribution in [3.8, 4) is 0 Å². The number of nitrogens with one attached hydrogen (secondary N) is 1. The monoisotopic (exact) mass is 458 g/mol. The molecule has 4 rings (SSSR count). The molecule has 1 aliphatic rings. The van der Waals surface area contributed by atoms with Gasteiger partial charge in [-0.1, -0.05) is 36.4 Å². The third kappa shape index (κ3) is 4.47. The lowest BCUT2D eigenvalue weighted by atomic mass is 10.1. The summed E-state index contributed by atoms with van der Waals surface area (Å²) < 4.78 is 18.7. The number of hydrogen-bond donors (Lipinski definition) is 1. The highest BCUT2D eigenvalue weighted by Gasteiger charge is 2.35. The van der Waals surface area contributed by atoms with Crippen molar-refractivity contribution in [2.75, 3.05) is 11.9 Å². The zero-order chi connectivity index (χ0) is 24.2. The number of halogens is 1. The number of nitrogens with zero attached hydrogens (tertiary/aromatic N) is 1. The maximum Gasteiger partial charge on any atom is 0.339 e. The van der Waals surface area contributed by atoms with Crippen LogP contribution in [0.4, 0.5) is 10.1 Å². The second kappa shape index (κ2) is 9.50. The van der Waals surface area contributed by atoms with Crippen molar-refractivity contribution >= 4 is 29.4 Å². The minimum atomic E-state index is -1.32. The van der Waals surface area contributed by atoms with Crippen molar-refractivity contribution in [2.45, 2.75) is 6.10 Å². The number of rotatable bonds is 7. The molecule has 0 saturated heterocycles. The Morgan fingerprint density at radius 3 is 2.32 bits per heavy atom. The number of ether oxygens (including phenoxy) is 1. The maximum absolute atomic E-state index is 13.2. The number of benzene rings is 3. The molecule has 34 heavy (non-hydrogen) atoms. The number of anilines is 1. The first kappa shape index (κ1) is 22.6. The first-order chi connectivity index (χ1) is 16.4. The Kier molecular flexibility index (Phi) is 6.31. The van der Waals surface area contributed by atoms with Gasteiger partial charge in [-0.15, -0.1) is 6.58 Å². The van der Waals surface area contributed by atoms with E-state index in [9.17, 15) is 23.6 Å². The second-order valence-corrected chi connectivity index (χ2v) is 7.46. The van der Waals surface area contributed by atoms with Gasteiger partial charge in [-0.2, -0.15) is 0 Å². The molecule has 0 bridgehead atoms. The number of imide groups is 1. The largest absolute Gasteiger partial charge is 0.444 e. The lowest BCUT2D eigenvalue weighted by molar-refractivity contribution is -0.125. The quantitative estimate of drug-likeness (QED) is 0.326. The normalized spacial score (nSPS) is 13.3. The molecule has 1 heterocycles. The van der Waals surface area contributed by atoms with E-state index in [4.69, 9.17) is 4.74 Å². The summed E-state index contributed by atoms with van der Waals surface area (Å²) in [6.07, 6.45) is 0.114. The number of esters is 1. The molecular formula is C26H19FN2O5. The van der Waals surface area contributed by atoms with Gasteiger partial charge in [-0.3, -0.25) is 19.3 Å². The summed E-state index contributed by atoms with van der Waals surface area (Å²) in [5.74, 6) is -2.96. The molecule has 0 aliphatic carbocycles. The Morgan fingerprint density at radius 2 is 1.65 bits per heavy atom. The molecule has 8 heteroatoms. The van der Waals surface area contributed by atoms with Gasteiger partial charge in [-0.05, 0) is 42.5 Å². The van der Waals surface area contributed by atoms with Crippen molar-refractivity contribution in [1.82, 2.24) is 4.90 Å². The summed E-state index contributed by atoms with van der Waals surface area (Å²) in [6, 6.07) is 17.6. The van der Waals surface area contributed by atoms with E-state index < -0.39 is 35.6 Å². The highest BCUT2D eigenvalue weighted by molar-refractivity contribution is 6.22. The van der Waals surface area contributed by atoms with Crippen LogP contribution in [0.25, 0.3) is 0 Å². The maximum atomic E-state index is 13.2. The van der Waals surface area contributed by atoms with Gasteiger partial charge in [0.25, 0.3) is 17.7 Å². The summed E-state index contributed by atoms with van der Waals surface area (Å²) in [7, 11) is 0. The standard InChI is InChI=1S/C26H19FN2O5/c1-2-14-29-24(31)20-13-8-17(15-21(20)25(29)32)26(33)34-22(16-6-4-3-5-7-16)23(30)28-19-11-9-18(27)10-12-19/h2-13,15,22H,1,14H2,(H,28,30). The van der Waals surface area contributed by atoms with E-state index in [0.717, 1.165) is 4.90 Å². The van der Waals surface area contributed by atoms with Crippen LogP contribution in [0.2, 0.25) is 0 Å². The fourth-order valence-corrected chi connectivity index (χ4v) is 3.53. The molecule has 170 valence electrons. The number of fused-ring (bicyclic) bond motifs is 1. The Balaban J connectivity index is 1.59. The summed E-state index contributed by atoms with van der Waals surface area (Å²) >= 11 is 0. The van der Waals surface area contributed by atoms with Crippen LogP contribution in [0.5, 0.6) is 0 Å². The van der Waals surface area contributed by atoms with Crippen LogP contribution < -0.4 is 5.32 Å². The predicted molar refractivity (Wildman–Crippen MR) is 122 cm³/mol. The number of carbonyl (C=O) groups is 4. The molecule has 3 amide bonds. The van der Waals surface area contributed by atoms with Crippen molar-refractivity contribution in [1.29, 1.82) is 0 Å². The highest BCUT2D eigenvalue weighted by Crippen LogP contribution is 2.26. The predicted octanol–water partition coefficient (Wildman–Crippen LogP) is 4.14. The fourth-order valence-electron chi connectivity index (χ4n) is 3.53. The van der Waals surface area contributed by atoms with E-state index in [1.807, 2.05) is 0 Å². The molecular weight excluding hydrogens is 439 g/mol. The molecule has 0 saturated carbocycles. The number of amides is 3. The zero-order valence-electron chi connectivity index (χ0n) is 17.9. The average molecular weight is 458 g/mol. The van der Waals surface area contributed by atoms with Crippen LogP contribution in [0, 0.1) is 5.82 Å². The smallest absolute Gasteiger partial charge is 0.339 e.